The van der Waals surface area contributed by atoms with Gasteiger partial charge in [-0.25, -0.2) is 8.42 Å². The molecule has 6 nitrogen and oxygen atoms in total. The molecule has 1 fully saturated rings. The van der Waals surface area contributed by atoms with Crippen molar-refractivity contribution in [2.75, 3.05) is 26.3 Å². The lowest BCUT2D eigenvalue weighted by Gasteiger charge is -2.26. The van der Waals surface area contributed by atoms with Crippen LogP contribution in [0.3, 0.4) is 0 Å². The number of nitrogens with zero attached hydrogens (tertiary/aromatic N) is 1. The molecule has 2 aromatic carbocycles. The highest BCUT2D eigenvalue weighted by atomic mass is 32.2. The second kappa shape index (κ2) is 9.32. The molecule has 150 valence electrons. The molecule has 3 rings (SSSR count). The van der Waals surface area contributed by atoms with Crippen LogP contribution < -0.4 is 5.32 Å². The Kier molecular flexibility index (Phi) is 6.83. The first kappa shape index (κ1) is 20.5. The number of rotatable bonds is 7. The summed E-state index contributed by atoms with van der Waals surface area (Å²) in [6.45, 7) is 3.56. The molecular formula is C21H26N2O4S. The van der Waals surface area contributed by atoms with Crippen molar-refractivity contribution in [3.63, 3.8) is 0 Å². The minimum absolute atomic E-state index is 0.0265. The Bertz CT molecular complexity index is 876. The number of nitrogens with one attached hydrogen (secondary N) is 1. The monoisotopic (exact) mass is 402 g/mol. The third-order valence-electron chi connectivity index (χ3n) is 4.85. The van der Waals surface area contributed by atoms with E-state index in [0.717, 1.165) is 11.1 Å². The molecule has 7 heteroatoms. The van der Waals surface area contributed by atoms with Crippen LogP contribution in [0.1, 0.15) is 30.5 Å². The summed E-state index contributed by atoms with van der Waals surface area (Å²) in [7, 11) is -3.48. The van der Waals surface area contributed by atoms with Crippen molar-refractivity contribution in [3.05, 3.63) is 65.7 Å². The molecule has 0 radical (unpaired) electrons. The van der Waals surface area contributed by atoms with Gasteiger partial charge in [-0.05, 0) is 36.6 Å². The normalized spacial score (nSPS) is 16.5. The Morgan fingerprint density at radius 2 is 1.71 bits per heavy atom. The second-order valence-electron chi connectivity index (χ2n) is 6.86. The fourth-order valence-corrected chi connectivity index (χ4v) is 4.57. The predicted molar refractivity (Wildman–Crippen MR) is 107 cm³/mol. The second-order valence-corrected chi connectivity index (χ2v) is 8.80. The van der Waals surface area contributed by atoms with Gasteiger partial charge < -0.3 is 10.1 Å². The number of carbonyl (C=O) groups is 1. The Hall–Kier alpha value is -2.22. The maximum Gasteiger partial charge on any atom is 0.243 e. The summed E-state index contributed by atoms with van der Waals surface area (Å²) >= 11 is 0. The largest absolute Gasteiger partial charge is 0.379 e. The third-order valence-corrected chi connectivity index (χ3v) is 6.76. The van der Waals surface area contributed by atoms with Gasteiger partial charge in [0, 0.05) is 19.5 Å². The van der Waals surface area contributed by atoms with Gasteiger partial charge >= 0.3 is 0 Å². The average Bonchev–Trinajstić information content (AvgIpc) is 2.74. The van der Waals surface area contributed by atoms with Crippen LogP contribution in [0, 0.1) is 0 Å². The third kappa shape index (κ3) is 5.19. The van der Waals surface area contributed by atoms with Crippen molar-refractivity contribution in [2.24, 2.45) is 0 Å². The van der Waals surface area contributed by atoms with E-state index in [2.05, 4.69) is 5.32 Å². The van der Waals surface area contributed by atoms with Crippen LogP contribution in [0.2, 0.25) is 0 Å². The molecule has 0 spiro atoms. The van der Waals surface area contributed by atoms with E-state index < -0.39 is 10.0 Å². The fraction of sp³-hybridized carbons (Fsp3) is 0.381. The van der Waals surface area contributed by atoms with Gasteiger partial charge in [-0.2, -0.15) is 4.31 Å². The lowest BCUT2D eigenvalue weighted by molar-refractivity contribution is -0.121. The van der Waals surface area contributed by atoms with Crippen molar-refractivity contribution in [1.29, 1.82) is 0 Å². The van der Waals surface area contributed by atoms with Crippen LogP contribution in [0.15, 0.2) is 59.5 Å². The molecule has 1 saturated heterocycles. The van der Waals surface area contributed by atoms with Crippen LogP contribution in [-0.4, -0.2) is 44.9 Å². The molecule has 1 atom stereocenters. The highest BCUT2D eigenvalue weighted by Gasteiger charge is 2.26. The van der Waals surface area contributed by atoms with Gasteiger partial charge in [-0.3, -0.25) is 4.79 Å². The number of hydrogen-bond acceptors (Lipinski definition) is 4. The van der Waals surface area contributed by atoms with Gasteiger partial charge in [0.1, 0.15) is 0 Å². The van der Waals surface area contributed by atoms with E-state index >= 15 is 0 Å². The molecule has 0 saturated carbocycles. The van der Waals surface area contributed by atoms with E-state index in [9.17, 15) is 13.2 Å². The molecule has 0 bridgehead atoms. The fourth-order valence-electron chi connectivity index (χ4n) is 3.16. The van der Waals surface area contributed by atoms with E-state index in [1.165, 1.54) is 4.31 Å². The topological polar surface area (TPSA) is 75.7 Å². The first-order valence-corrected chi connectivity index (χ1v) is 10.9. The van der Waals surface area contributed by atoms with E-state index in [1.54, 1.807) is 24.3 Å². The summed E-state index contributed by atoms with van der Waals surface area (Å²) in [6, 6.07) is 16.6. The first-order valence-electron chi connectivity index (χ1n) is 9.48. The summed E-state index contributed by atoms with van der Waals surface area (Å²) < 4.78 is 31.9. The summed E-state index contributed by atoms with van der Waals surface area (Å²) in [5.74, 6) is -0.0265. The minimum Gasteiger partial charge on any atom is -0.379 e. The maximum absolute atomic E-state index is 12.6. The molecule has 1 amide bonds. The Morgan fingerprint density at radius 3 is 2.36 bits per heavy atom. The van der Waals surface area contributed by atoms with E-state index in [-0.39, 0.29) is 16.8 Å². The van der Waals surface area contributed by atoms with E-state index in [0.29, 0.717) is 39.1 Å². The lowest BCUT2D eigenvalue weighted by atomic mass is 10.1. The number of carbonyl (C=O) groups excluding carboxylic acids is 1. The van der Waals surface area contributed by atoms with Gasteiger partial charge in [0.2, 0.25) is 15.9 Å². The molecule has 1 unspecified atom stereocenters. The van der Waals surface area contributed by atoms with Crippen molar-refractivity contribution < 1.29 is 17.9 Å². The zero-order valence-electron chi connectivity index (χ0n) is 16.0. The predicted octanol–water partition coefficient (Wildman–Crippen LogP) is 2.52. The highest BCUT2D eigenvalue weighted by molar-refractivity contribution is 7.89. The van der Waals surface area contributed by atoms with Crippen molar-refractivity contribution >= 4 is 15.9 Å². The van der Waals surface area contributed by atoms with Crippen molar-refractivity contribution in [2.45, 2.75) is 30.7 Å². The van der Waals surface area contributed by atoms with E-state index in [4.69, 9.17) is 4.74 Å². The quantitative estimate of drug-likeness (QED) is 0.772. The summed E-state index contributed by atoms with van der Waals surface area (Å²) in [5, 5.41) is 2.99. The number of ether oxygens (including phenoxy) is 1. The van der Waals surface area contributed by atoms with Gasteiger partial charge in [-0.1, -0.05) is 42.5 Å². The van der Waals surface area contributed by atoms with Gasteiger partial charge in [0.15, 0.2) is 0 Å². The molecular weight excluding hydrogens is 376 g/mol. The number of sulfonamides is 1. The molecule has 2 aromatic rings. The summed E-state index contributed by atoms with van der Waals surface area (Å²) in [6.07, 6.45) is 0.915. The zero-order chi connectivity index (χ0) is 20.0. The SMILES string of the molecule is CC(NC(=O)CCc1ccc(S(=O)(=O)N2CCOCC2)cc1)c1ccccc1. The van der Waals surface area contributed by atoms with E-state index in [1.807, 2.05) is 37.3 Å². The first-order chi connectivity index (χ1) is 13.5. The molecule has 0 aromatic heterocycles. The van der Waals surface area contributed by atoms with Crippen LogP contribution in [0.4, 0.5) is 0 Å². The van der Waals surface area contributed by atoms with Crippen LogP contribution in [0.25, 0.3) is 0 Å². The Labute approximate surface area is 166 Å². The smallest absolute Gasteiger partial charge is 0.243 e. The molecule has 1 aliphatic heterocycles. The van der Waals surface area contributed by atoms with Crippen LogP contribution in [0.5, 0.6) is 0 Å². The molecule has 1 N–H and O–H groups in total. The number of aryl methyl sites for hydroxylation is 1. The minimum atomic E-state index is -3.48. The van der Waals surface area contributed by atoms with Gasteiger partial charge in [-0.15, -0.1) is 0 Å². The lowest BCUT2D eigenvalue weighted by Crippen LogP contribution is -2.40. The van der Waals surface area contributed by atoms with Gasteiger partial charge in [0.25, 0.3) is 0 Å². The molecule has 1 heterocycles. The zero-order valence-corrected chi connectivity index (χ0v) is 16.8. The standard InChI is InChI=1S/C21H26N2O4S/c1-17(19-5-3-2-4-6-19)22-21(24)12-9-18-7-10-20(11-8-18)28(25,26)23-13-15-27-16-14-23/h2-8,10-11,17H,9,12-16H2,1H3,(H,22,24). The van der Waals surface area contributed by atoms with Crippen LogP contribution >= 0.6 is 0 Å². The van der Waals surface area contributed by atoms with Crippen molar-refractivity contribution in [1.82, 2.24) is 9.62 Å². The maximum atomic E-state index is 12.6. The summed E-state index contributed by atoms with van der Waals surface area (Å²) in [4.78, 5) is 12.5. The van der Waals surface area contributed by atoms with Crippen LogP contribution in [-0.2, 0) is 26.0 Å². The van der Waals surface area contributed by atoms with Crippen molar-refractivity contribution in [3.8, 4) is 0 Å². The molecule has 1 aliphatic rings. The number of amides is 1. The van der Waals surface area contributed by atoms with Gasteiger partial charge in [0.05, 0.1) is 24.2 Å². The molecule has 0 aliphatic carbocycles. The Morgan fingerprint density at radius 1 is 1.07 bits per heavy atom. The highest BCUT2D eigenvalue weighted by Crippen LogP contribution is 2.18. The number of benzene rings is 2. The number of morpholine rings is 1. The Balaban J connectivity index is 1.53. The summed E-state index contributed by atoms with van der Waals surface area (Å²) in [5.41, 5.74) is 2.00. The molecule has 28 heavy (non-hydrogen) atoms. The number of hydrogen-bond donors (Lipinski definition) is 1. The average molecular weight is 403 g/mol.